The summed E-state index contributed by atoms with van der Waals surface area (Å²) < 4.78 is 21.7. The van der Waals surface area contributed by atoms with Crippen molar-refractivity contribution in [2.24, 2.45) is 0 Å². The molecule has 1 aliphatic heterocycles. The minimum absolute atomic E-state index is 0.507. The summed E-state index contributed by atoms with van der Waals surface area (Å²) in [5, 5.41) is 0. The third-order valence-electron chi connectivity index (χ3n) is 2.12. The highest BCUT2D eigenvalue weighted by molar-refractivity contribution is 5.59. The van der Waals surface area contributed by atoms with E-state index in [2.05, 4.69) is 6.58 Å². The van der Waals surface area contributed by atoms with Gasteiger partial charge in [-0.2, -0.15) is 0 Å². The summed E-state index contributed by atoms with van der Waals surface area (Å²) in [7, 11) is 1.59. The molecule has 0 spiro atoms. The van der Waals surface area contributed by atoms with Crippen molar-refractivity contribution in [3.05, 3.63) is 24.5 Å². The molecule has 1 aromatic rings. The Balaban J connectivity index is 2.43. The first-order chi connectivity index (χ1) is 7.72. The van der Waals surface area contributed by atoms with Crippen molar-refractivity contribution in [2.75, 3.05) is 20.3 Å². The second kappa shape index (κ2) is 4.35. The van der Waals surface area contributed by atoms with Gasteiger partial charge in [0.05, 0.1) is 12.9 Å². The summed E-state index contributed by atoms with van der Waals surface area (Å²) in [5.41, 5.74) is 0. The molecule has 86 valence electrons. The Morgan fingerprint density at radius 1 is 1.19 bits per heavy atom. The largest absolute Gasteiger partial charge is 0.493 e. The average molecular weight is 222 g/mol. The van der Waals surface area contributed by atoms with Gasteiger partial charge in [-0.25, -0.2) is 0 Å². The van der Waals surface area contributed by atoms with Gasteiger partial charge in [0, 0.05) is 0 Å². The Bertz CT molecular complexity index is 412. The zero-order valence-corrected chi connectivity index (χ0v) is 9.41. The fraction of sp³-hybridized carbons (Fsp3) is 0.333. The van der Waals surface area contributed by atoms with Crippen LogP contribution in [0.4, 0.5) is 0 Å². The average Bonchev–Trinajstić information content (AvgIpc) is 2.29. The van der Waals surface area contributed by atoms with E-state index in [9.17, 15) is 0 Å². The quantitative estimate of drug-likeness (QED) is 0.736. The lowest BCUT2D eigenvalue weighted by atomic mass is 10.2. The van der Waals surface area contributed by atoms with Gasteiger partial charge in [0.15, 0.2) is 11.5 Å². The molecule has 1 aromatic carbocycles. The molecule has 1 aliphatic rings. The van der Waals surface area contributed by atoms with Crippen LogP contribution in [0.15, 0.2) is 24.5 Å². The summed E-state index contributed by atoms with van der Waals surface area (Å²) in [6.45, 7) is 6.49. The van der Waals surface area contributed by atoms with Gasteiger partial charge in [-0.05, 0) is 19.1 Å². The van der Waals surface area contributed by atoms with E-state index < -0.39 is 0 Å². The summed E-state index contributed by atoms with van der Waals surface area (Å²) in [4.78, 5) is 0. The molecule has 4 heteroatoms. The topological polar surface area (TPSA) is 36.9 Å². The lowest BCUT2D eigenvalue weighted by Gasteiger charge is -2.22. The first kappa shape index (κ1) is 10.7. The van der Waals surface area contributed by atoms with Crippen molar-refractivity contribution in [3.63, 3.8) is 0 Å². The Labute approximate surface area is 94.4 Å². The third-order valence-corrected chi connectivity index (χ3v) is 2.12. The molecule has 16 heavy (non-hydrogen) atoms. The summed E-state index contributed by atoms with van der Waals surface area (Å²) in [5.74, 6) is 3.01. The van der Waals surface area contributed by atoms with Gasteiger partial charge in [-0.15, -0.1) is 0 Å². The van der Waals surface area contributed by atoms with Crippen molar-refractivity contribution in [3.8, 4) is 23.0 Å². The Morgan fingerprint density at radius 2 is 1.75 bits per heavy atom. The van der Waals surface area contributed by atoms with Crippen LogP contribution in [-0.2, 0) is 0 Å². The maximum absolute atomic E-state index is 5.53. The van der Waals surface area contributed by atoms with Gasteiger partial charge >= 0.3 is 0 Å². The van der Waals surface area contributed by atoms with Crippen LogP contribution in [0.5, 0.6) is 23.0 Å². The molecule has 0 unspecified atom stereocenters. The number of rotatable bonds is 3. The van der Waals surface area contributed by atoms with Crippen LogP contribution < -0.4 is 18.9 Å². The summed E-state index contributed by atoms with van der Waals surface area (Å²) in [6.07, 6.45) is 0. The molecule has 2 rings (SSSR count). The zero-order chi connectivity index (χ0) is 11.5. The van der Waals surface area contributed by atoms with E-state index in [1.165, 1.54) is 0 Å². The summed E-state index contributed by atoms with van der Waals surface area (Å²) >= 11 is 0. The monoisotopic (exact) mass is 222 g/mol. The van der Waals surface area contributed by atoms with E-state index in [1.807, 2.05) is 0 Å². The molecule has 0 aliphatic carbocycles. The molecule has 0 radical (unpaired) electrons. The van der Waals surface area contributed by atoms with E-state index in [0.29, 0.717) is 42.0 Å². The van der Waals surface area contributed by atoms with Crippen LogP contribution in [0, 0.1) is 0 Å². The number of ether oxygens (including phenoxy) is 4. The Kier molecular flexibility index (Phi) is 2.90. The van der Waals surface area contributed by atoms with E-state index in [0.717, 1.165) is 0 Å². The zero-order valence-electron chi connectivity index (χ0n) is 9.41. The van der Waals surface area contributed by atoms with E-state index in [-0.39, 0.29) is 0 Å². The molecule has 1 heterocycles. The lowest BCUT2D eigenvalue weighted by molar-refractivity contribution is 0.159. The van der Waals surface area contributed by atoms with Gasteiger partial charge in [0.25, 0.3) is 0 Å². The lowest BCUT2D eigenvalue weighted by Crippen LogP contribution is -2.16. The third kappa shape index (κ3) is 1.91. The van der Waals surface area contributed by atoms with Gasteiger partial charge in [-0.1, -0.05) is 6.58 Å². The highest BCUT2D eigenvalue weighted by Crippen LogP contribution is 2.46. The molecule has 0 aromatic heterocycles. The maximum atomic E-state index is 5.53. The second-order valence-electron chi connectivity index (χ2n) is 3.43. The van der Waals surface area contributed by atoms with Gasteiger partial charge in [0.1, 0.15) is 13.2 Å². The fourth-order valence-electron chi connectivity index (χ4n) is 1.52. The SMILES string of the molecule is C=C(C)Oc1ccc(OC)c2c1OCCO2. The number of fused-ring (bicyclic) bond motifs is 1. The molecular formula is C12H14O4. The number of allylic oxidation sites excluding steroid dienone is 1. The van der Waals surface area contributed by atoms with Crippen LogP contribution >= 0.6 is 0 Å². The molecule has 0 saturated carbocycles. The molecule has 0 atom stereocenters. The molecule has 0 amide bonds. The maximum Gasteiger partial charge on any atom is 0.208 e. The summed E-state index contributed by atoms with van der Waals surface area (Å²) in [6, 6.07) is 3.56. The van der Waals surface area contributed by atoms with Crippen LogP contribution in [0.3, 0.4) is 0 Å². The number of methoxy groups -OCH3 is 1. The number of hydrogen-bond acceptors (Lipinski definition) is 4. The van der Waals surface area contributed by atoms with Crippen molar-refractivity contribution < 1.29 is 18.9 Å². The predicted octanol–water partition coefficient (Wildman–Crippen LogP) is 2.38. The van der Waals surface area contributed by atoms with Gasteiger partial charge in [0.2, 0.25) is 11.5 Å². The van der Waals surface area contributed by atoms with Crippen LogP contribution in [0.25, 0.3) is 0 Å². The van der Waals surface area contributed by atoms with Crippen molar-refractivity contribution in [1.82, 2.24) is 0 Å². The minimum Gasteiger partial charge on any atom is -0.493 e. The van der Waals surface area contributed by atoms with Crippen molar-refractivity contribution in [1.29, 1.82) is 0 Å². The first-order valence-electron chi connectivity index (χ1n) is 5.02. The highest BCUT2D eigenvalue weighted by Gasteiger charge is 2.22. The molecule has 0 N–H and O–H groups in total. The van der Waals surface area contributed by atoms with E-state index >= 15 is 0 Å². The Morgan fingerprint density at radius 3 is 2.31 bits per heavy atom. The van der Waals surface area contributed by atoms with Crippen LogP contribution in [0.1, 0.15) is 6.92 Å². The van der Waals surface area contributed by atoms with Gasteiger partial charge < -0.3 is 18.9 Å². The smallest absolute Gasteiger partial charge is 0.208 e. The van der Waals surface area contributed by atoms with Crippen LogP contribution in [-0.4, -0.2) is 20.3 Å². The molecule has 4 nitrogen and oxygen atoms in total. The van der Waals surface area contributed by atoms with Crippen molar-refractivity contribution >= 4 is 0 Å². The standard InChI is InChI=1S/C12H14O4/c1-8(2)16-10-5-4-9(13-3)11-12(10)15-7-6-14-11/h4-5H,1,6-7H2,2-3H3. The fourth-order valence-corrected chi connectivity index (χ4v) is 1.52. The molecular weight excluding hydrogens is 208 g/mol. The van der Waals surface area contributed by atoms with Crippen molar-refractivity contribution in [2.45, 2.75) is 6.92 Å². The molecule has 0 bridgehead atoms. The molecule has 0 fully saturated rings. The Hall–Kier alpha value is -1.84. The number of hydrogen-bond donors (Lipinski definition) is 0. The van der Waals surface area contributed by atoms with Crippen LogP contribution in [0.2, 0.25) is 0 Å². The predicted molar refractivity (Wildman–Crippen MR) is 59.4 cm³/mol. The number of benzene rings is 1. The highest BCUT2D eigenvalue weighted by atomic mass is 16.6. The normalized spacial score (nSPS) is 13.1. The second-order valence-corrected chi connectivity index (χ2v) is 3.43. The minimum atomic E-state index is 0.507. The first-order valence-corrected chi connectivity index (χ1v) is 5.02. The van der Waals surface area contributed by atoms with E-state index in [4.69, 9.17) is 18.9 Å². The molecule has 0 saturated heterocycles. The van der Waals surface area contributed by atoms with E-state index in [1.54, 1.807) is 26.2 Å². The van der Waals surface area contributed by atoms with Gasteiger partial charge in [-0.3, -0.25) is 0 Å².